The lowest BCUT2D eigenvalue weighted by Gasteiger charge is -2.32. The van der Waals surface area contributed by atoms with Crippen molar-refractivity contribution in [2.45, 2.75) is 33.1 Å². The van der Waals surface area contributed by atoms with Gasteiger partial charge in [-0.05, 0) is 44.7 Å². The van der Waals surface area contributed by atoms with Gasteiger partial charge in [-0.15, -0.1) is 11.3 Å². The molecule has 0 saturated carbocycles. The van der Waals surface area contributed by atoms with Gasteiger partial charge >= 0.3 is 0 Å². The predicted molar refractivity (Wildman–Crippen MR) is 109 cm³/mol. The molecule has 0 radical (unpaired) electrons. The average Bonchev–Trinajstić information content (AvgIpc) is 3.00. The van der Waals surface area contributed by atoms with Crippen molar-refractivity contribution < 1.29 is 9.53 Å². The molecule has 146 valence electrons. The van der Waals surface area contributed by atoms with E-state index >= 15 is 0 Å². The number of hydrogen-bond acceptors (Lipinski definition) is 6. The van der Waals surface area contributed by atoms with Crippen molar-refractivity contribution in [2.24, 2.45) is 5.92 Å². The summed E-state index contributed by atoms with van der Waals surface area (Å²) < 4.78 is 5.25. The molecule has 1 saturated heterocycles. The monoisotopic (exact) mass is 388 g/mol. The van der Waals surface area contributed by atoms with Gasteiger partial charge in [0, 0.05) is 44.2 Å². The molecule has 1 aliphatic heterocycles. The van der Waals surface area contributed by atoms with Crippen LogP contribution in [0.3, 0.4) is 0 Å². The van der Waals surface area contributed by atoms with Gasteiger partial charge in [-0.1, -0.05) is 0 Å². The zero-order valence-electron chi connectivity index (χ0n) is 16.3. The number of aromatic nitrogens is 2. The number of aryl methyl sites for hydroxylation is 2. The number of rotatable bonds is 7. The minimum Gasteiger partial charge on any atom is -0.384 e. The predicted octanol–water partition coefficient (Wildman–Crippen LogP) is 3.31. The van der Waals surface area contributed by atoms with Gasteiger partial charge in [0.25, 0.3) is 5.91 Å². The Morgan fingerprint density at radius 1 is 1.41 bits per heavy atom. The fraction of sp³-hybridized carbons (Fsp3) is 0.550. The van der Waals surface area contributed by atoms with E-state index in [9.17, 15) is 4.79 Å². The number of anilines is 1. The molecule has 3 rings (SSSR count). The molecule has 0 aliphatic carbocycles. The average molecular weight is 389 g/mol. The van der Waals surface area contributed by atoms with Crippen LogP contribution in [0.4, 0.5) is 5.82 Å². The van der Waals surface area contributed by atoms with Crippen molar-refractivity contribution in [3.63, 3.8) is 0 Å². The quantitative estimate of drug-likeness (QED) is 0.788. The van der Waals surface area contributed by atoms with E-state index in [0.717, 1.165) is 55.4 Å². The number of nitrogens with zero attached hydrogens (tertiary/aromatic N) is 3. The largest absolute Gasteiger partial charge is 0.384 e. The number of nitrogens with one attached hydrogen (secondary N) is 1. The van der Waals surface area contributed by atoms with Crippen LogP contribution in [0.25, 0.3) is 0 Å². The fourth-order valence-electron chi connectivity index (χ4n) is 3.37. The SMILES string of the molecule is COC[C@@H]1CCCN(C(=O)c2ccc(NCCc3nc(C)c(C)s3)nc2)C1. The molecule has 2 aromatic heterocycles. The maximum atomic E-state index is 12.7. The summed E-state index contributed by atoms with van der Waals surface area (Å²) >= 11 is 1.74. The Morgan fingerprint density at radius 2 is 2.26 bits per heavy atom. The second kappa shape index (κ2) is 9.28. The Morgan fingerprint density at radius 3 is 2.93 bits per heavy atom. The molecular formula is C20H28N4O2S. The molecule has 1 aliphatic rings. The number of ether oxygens (including phenoxy) is 1. The molecule has 0 bridgehead atoms. The van der Waals surface area contributed by atoms with E-state index in [2.05, 4.69) is 22.2 Å². The van der Waals surface area contributed by atoms with Gasteiger partial charge in [-0.25, -0.2) is 9.97 Å². The Bertz CT molecular complexity index is 738. The molecule has 1 fully saturated rings. The van der Waals surface area contributed by atoms with Crippen molar-refractivity contribution in [1.29, 1.82) is 0 Å². The van der Waals surface area contributed by atoms with Crippen LogP contribution in [0.15, 0.2) is 18.3 Å². The second-order valence-corrected chi connectivity index (χ2v) is 8.36. The summed E-state index contributed by atoms with van der Waals surface area (Å²) in [6.45, 7) is 7.20. The number of hydrogen-bond donors (Lipinski definition) is 1. The number of pyridine rings is 1. The normalized spacial score (nSPS) is 17.1. The molecule has 7 heteroatoms. The van der Waals surface area contributed by atoms with Crippen LogP contribution in [-0.2, 0) is 11.2 Å². The molecule has 3 heterocycles. The molecule has 6 nitrogen and oxygen atoms in total. The van der Waals surface area contributed by atoms with E-state index in [1.807, 2.05) is 24.0 Å². The molecule has 0 aromatic carbocycles. The zero-order valence-corrected chi connectivity index (χ0v) is 17.1. The highest BCUT2D eigenvalue weighted by atomic mass is 32.1. The van der Waals surface area contributed by atoms with Gasteiger partial charge in [0.2, 0.25) is 0 Å². The topological polar surface area (TPSA) is 67.3 Å². The lowest BCUT2D eigenvalue weighted by atomic mass is 9.98. The highest BCUT2D eigenvalue weighted by Crippen LogP contribution is 2.19. The van der Waals surface area contributed by atoms with Gasteiger partial charge < -0.3 is 15.0 Å². The Kier molecular flexibility index (Phi) is 6.79. The molecule has 0 unspecified atom stereocenters. The van der Waals surface area contributed by atoms with E-state index in [1.54, 1.807) is 24.6 Å². The first kappa shape index (κ1) is 19.8. The van der Waals surface area contributed by atoms with Gasteiger partial charge in [-0.2, -0.15) is 0 Å². The summed E-state index contributed by atoms with van der Waals surface area (Å²) in [7, 11) is 1.72. The van der Waals surface area contributed by atoms with Crippen LogP contribution in [0, 0.1) is 19.8 Å². The van der Waals surface area contributed by atoms with Crippen molar-refractivity contribution in [1.82, 2.24) is 14.9 Å². The van der Waals surface area contributed by atoms with Gasteiger partial charge in [0.15, 0.2) is 0 Å². The third-order valence-electron chi connectivity index (χ3n) is 4.94. The van der Waals surface area contributed by atoms with Crippen molar-refractivity contribution in [3.05, 3.63) is 39.5 Å². The molecule has 0 spiro atoms. The molecule has 2 aromatic rings. The maximum absolute atomic E-state index is 12.7. The molecule has 1 N–H and O–H groups in total. The molecule has 1 amide bonds. The summed E-state index contributed by atoms with van der Waals surface area (Å²) in [6.07, 6.45) is 4.69. The number of likely N-dealkylation sites (tertiary alicyclic amines) is 1. The van der Waals surface area contributed by atoms with Gasteiger partial charge in [-0.3, -0.25) is 4.79 Å². The van der Waals surface area contributed by atoms with Crippen LogP contribution < -0.4 is 5.32 Å². The smallest absolute Gasteiger partial charge is 0.255 e. The first-order chi connectivity index (χ1) is 13.1. The van der Waals surface area contributed by atoms with E-state index in [1.165, 1.54) is 4.88 Å². The van der Waals surface area contributed by atoms with E-state index in [0.29, 0.717) is 18.1 Å². The minimum absolute atomic E-state index is 0.0589. The van der Waals surface area contributed by atoms with E-state index in [-0.39, 0.29) is 5.91 Å². The maximum Gasteiger partial charge on any atom is 0.255 e. The highest BCUT2D eigenvalue weighted by Gasteiger charge is 2.24. The van der Waals surface area contributed by atoms with Crippen molar-refractivity contribution in [2.75, 3.05) is 38.7 Å². The zero-order chi connectivity index (χ0) is 19.2. The van der Waals surface area contributed by atoms with Crippen LogP contribution in [0.5, 0.6) is 0 Å². The molecule has 1 atom stereocenters. The van der Waals surface area contributed by atoms with Crippen LogP contribution in [0.1, 0.15) is 38.8 Å². The summed E-state index contributed by atoms with van der Waals surface area (Å²) in [5.74, 6) is 1.27. The van der Waals surface area contributed by atoms with Gasteiger partial charge in [0.05, 0.1) is 22.9 Å². The van der Waals surface area contributed by atoms with E-state index < -0.39 is 0 Å². The Labute approximate surface area is 165 Å². The van der Waals surface area contributed by atoms with Crippen LogP contribution >= 0.6 is 11.3 Å². The van der Waals surface area contributed by atoms with Gasteiger partial charge in [0.1, 0.15) is 5.82 Å². The number of carbonyl (C=O) groups excluding carboxylic acids is 1. The first-order valence-corrected chi connectivity index (χ1v) is 10.3. The third-order valence-corrected chi connectivity index (χ3v) is 6.07. The molecular weight excluding hydrogens is 360 g/mol. The van der Waals surface area contributed by atoms with Crippen molar-refractivity contribution in [3.8, 4) is 0 Å². The number of piperidine rings is 1. The number of methoxy groups -OCH3 is 1. The lowest BCUT2D eigenvalue weighted by Crippen LogP contribution is -2.41. The van der Waals surface area contributed by atoms with Crippen LogP contribution in [-0.4, -0.2) is 54.1 Å². The summed E-state index contributed by atoms with van der Waals surface area (Å²) in [6, 6.07) is 3.73. The first-order valence-electron chi connectivity index (χ1n) is 9.48. The number of thiazole rings is 1. The summed E-state index contributed by atoms with van der Waals surface area (Å²) in [5, 5.41) is 4.44. The Balaban J connectivity index is 1.51. The third kappa shape index (κ3) is 5.26. The lowest BCUT2D eigenvalue weighted by molar-refractivity contribution is 0.0570. The number of amides is 1. The van der Waals surface area contributed by atoms with Crippen LogP contribution in [0.2, 0.25) is 0 Å². The minimum atomic E-state index is 0.0589. The number of carbonyl (C=O) groups is 1. The summed E-state index contributed by atoms with van der Waals surface area (Å²) in [4.78, 5) is 24.9. The van der Waals surface area contributed by atoms with E-state index in [4.69, 9.17) is 4.74 Å². The van der Waals surface area contributed by atoms with Crippen molar-refractivity contribution >= 4 is 23.1 Å². The highest BCUT2D eigenvalue weighted by molar-refractivity contribution is 7.11. The standard InChI is InChI=1S/C20H28N4O2S/c1-14-15(2)27-19(23-14)8-9-21-18-7-6-17(11-22-18)20(25)24-10-4-5-16(12-24)13-26-3/h6-7,11,16H,4-5,8-10,12-13H2,1-3H3,(H,21,22)/t16-/m1/s1. The Hall–Kier alpha value is -1.99. The molecule has 27 heavy (non-hydrogen) atoms. The summed E-state index contributed by atoms with van der Waals surface area (Å²) in [5.41, 5.74) is 1.76. The second-order valence-electron chi connectivity index (χ2n) is 7.07. The fourth-order valence-corrected chi connectivity index (χ4v) is 4.31.